The fourth-order valence-electron chi connectivity index (χ4n) is 6.35. The van der Waals surface area contributed by atoms with Gasteiger partial charge in [0.15, 0.2) is 0 Å². The highest BCUT2D eigenvalue weighted by Gasteiger charge is 2.32. The monoisotopic (exact) mass is 420 g/mol. The summed E-state index contributed by atoms with van der Waals surface area (Å²) in [4.78, 5) is 27.2. The minimum Gasteiger partial charge on any atom is -0.297 e. The van der Waals surface area contributed by atoms with Gasteiger partial charge in [0.2, 0.25) is 0 Å². The highest BCUT2D eigenvalue weighted by molar-refractivity contribution is 5.33. The molecule has 0 amide bonds. The van der Waals surface area contributed by atoms with Gasteiger partial charge in [-0.2, -0.15) is 0 Å². The summed E-state index contributed by atoms with van der Waals surface area (Å²) in [6.45, 7) is 1.42. The van der Waals surface area contributed by atoms with Crippen molar-refractivity contribution in [3.8, 4) is 0 Å². The molecule has 5 rings (SSSR count). The summed E-state index contributed by atoms with van der Waals surface area (Å²) < 4.78 is 3.67. The lowest BCUT2D eigenvalue weighted by Gasteiger charge is -2.26. The van der Waals surface area contributed by atoms with E-state index in [1.807, 2.05) is 10.6 Å². The zero-order chi connectivity index (χ0) is 21.2. The summed E-state index contributed by atoms with van der Waals surface area (Å²) in [5, 5.41) is 0. The molecule has 2 fully saturated rings. The van der Waals surface area contributed by atoms with E-state index in [9.17, 15) is 9.59 Å². The third kappa shape index (κ3) is 4.31. The van der Waals surface area contributed by atoms with Crippen LogP contribution in [0.1, 0.15) is 86.9 Å². The van der Waals surface area contributed by atoms with E-state index in [-0.39, 0.29) is 11.2 Å². The van der Waals surface area contributed by atoms with Crippen molar-refractivity contribution < 1.29 is 0 Å². The van der Waals surface area contributed by atoms with E-state index < -0.39 is 0 Å². The van der Waals surface area contributed by atoms with Gasteiger partial charge in [0, 0.05) is 24.3 Å². The van der Waals surface area contributed by atoms with Gasteiger partial charge in [-0.25, -0.2) is 4.79 Å². The SMILES string of the molecule is O=c1c2c(n(CC3CCCCC3)c(=O)n1CC1CCCCC1)CC(c1ccccc1)C2. The highest BCUT2D eigenvalue weighted by Crippen LogP contribution is 2.33. The van der Waals surface area contributed by atoms with Crippen LogP contribution in [0.4, 0.5) is 0 Å². The van der Waals surface area contributed by atoms with Crippen molar-refractivity contribution >= 4 is 0 Å². The van der Waals surface area contributed by atoms with Crippen molar-refractivity contribution in [1.29, 1.82) is 0 Å². The average Bonchev–Trinajstić information content (AvgIpc) is 3.27. The lowest BCUT2D eigenvalue weighted by Crippen LogP contribution is -2.45. The van der Waals surface area contributed by atoms with Crippen LogP contribution in [-0.4, -0.2) is 9.13 Å². The van der Waals surface area contributed by atoms with Crippen LogP contribution in [0.15, 0.2) is 39.9 Å². The minimum absolute atomic E-state index is 0.00361. The summed E-state index contributed by atoms with van der Waals surface area (Å²) in [6.07, 6.45) is 13.9. The maximum atomic E-state index is 13.7. The Kier molecular flexibility index (Phi) is 6.15. The Hall–Kier alpha value is -2.10. The van der Waals surface area contributed by atoms with E-state index >= 15 is 0 Å². The van der Waals surface area contributed by atoms with Gasteiger partial charge < -0.3 is 0 Å². The molecule has 0 radical (unpaired) electrons. The molecule has 0 bridgehead atoms. The van der Waals surface area contributed by atoms with Gasteiger partial charge in [0.05, 0.1) is 0 Å². The molecule has 4 nitrogen and oxygen atoms in total. The molecule has 1 aromatic carbocycles. The van der Waals surface area contributed by atoms with Gasteiger partial charge >= 0.3 is 5.69 Å². The normalized spacial score (nSPS) is 22.5. The van der Waals surface area contributed by atoms with Gasteiger partial charge in [0.25, 0.3) is 5.56 Å². The molecule has 0 aliphatic heterocycles. The fraction of sp³-hybridized carbons (Fsp3) is 0.630. The number of nitrogens with zero attached hydrogens (tertiary/aromatic N) is 2. The van der Waals surface area contributed by atoms with Crippen LogP contribution >= 0.6 is 0 Å². The van der Waals surface area contributed by atoms with E-state index in [2.05, 4.69) is 24.3 Å². The third-order valence-electron chi connectivity index (χ3n) is 8.13. The first-order chi connectivity index (χ1) is 15.2. The molecule has 2 aromatic rings. The van der Waals surface area contributed by atoms with E-state index in [1.54, 1.807) is 4.57 Å². The van der Waals surface area contributed by atoms with Gasteiger partial charge in [-0.1, -0.05) is 68.9 Å². The number of hydrogen-bond donors (Lipinski definition) is 0. The van der Waals surface area contributed by atoms with Crippen molar-refractivity contribution in [2.45, 2.75) is 96.1 Å². The Morgan fingerprint density at radius 3 is 1.90 bits per heavy atom. The van der Waals surface area contributed by atoms with Crippen LogP contribution in [0.25, 0.3) is 0 Å². The van der Waals surface area contributed by atoms with Gasteiger partial charge in [-0.3, -0.25) is 13.9 Å². The number of rotatable bonds is 5. The number of aromatic nitrogens is 2. The molecule has 0 spiro atoms. The lowest BCUT2D eigenvalue weighted by atomic mass is 9.89. The molecule has 1 atom stereocenters. The summed E-state index contributed by atoms with van der Waals surface area (Å²) in [5.41, 5.74) is 3.21. The molecule has 0 saturated heterocycles. The number of hydrogen-bond acceptors (Lipinski definition) is 2. The van der Waals surface area contributed by atoms with Crippen molar-refractivity contribution in [1.82, 2.24) is 9.13 Å². The maximum absolute atomic E-state index is 13.7. The molecular formula is C27H36N2O2. The van der Waals surface area contributed by atoms with Crippen molar-refractivity contribution in [3.63, 3.8) is 0 Å². The smallest absolute Gasteiger partial charge is 0.297 e. The van der Waals surface area contributed by atoms with Crippen LogP contribution in [0.5, 0.6) is 0 Å². The third-order valence-corrected chi connectivity index (χ3v) is 8.13. The summed E-state index contributed by atoms with van der Waals surface area (Å²) >= 11 is 0. The Morgan fingerprint density at radius 1 is 0.710 bits per heavy atom. The first-order valence-corrected chi connectivity index (χ1v) is 12.6. The van der Waals surface area contributed by atoms with Crippen LogP contribution in [0.3, 0.4) is 0 Å². The number of fused-ring (bicyclic) bond motifs is 1. The molecule has 3 aliphatic rings. The molecule has 4 heteroatoms. The standard InChI is InChI=1S/C27H36N2O2/c30-26-24-16-23(22-14-8-3-9-15-22)17-25(24)28(18-20-10-4-1-5-11-20)27(31)29(26)19-21-12-6-2-7-13-21/h3,8-9,14-15,20-21,23H,1-2,4-7,10-13,16-19H2. The van der Waals surface area contributed by atoms with E-state index in [1.165, 1.54) is 56.9 Å². The van der Waals surface area contributed by atoms with Crippen LogP contribution in [0, 0.1) is 11.8 Å². The zero-order valence-electron chi connectivity index (χ0n) is 18.7. The minimum atomic E-state index is -0.0337. The molecule has 1 unspecified atom stereocenters. The zero-order valence-corrected chi connectivity index (χ0v) is 18.7. The molecule has 2 saturated carbocycles. The Bertz CT molecular complexity index is 1010. The second-order valence-corrected chi connectivity index (χ2v) is 10.3. The van der Waals surface area contributed by atoms with Gasteiger partial charge in [0.1, 0.15) is 0 Å². The van der Waals surface area contributed by atoms with E-state index in [0.717, 1.165) is 43.5 Å². The van der Waals surface area contributed by atoms with E-state index in [0.29, 0.717) is 24.3 Å². The molecule has 0 N–H and O–H groups in total. The Labute approximate surface area is 185 Å². The quantitative estimate of drug-likeness (QED) is 0.679. The average molecular weight is 421 g/mol. The molecule has 1 heterocycles. The Balaban J connectivity index is 1.52. The number of benzene rings is 1. The molecule has 31 heavy (non-hydrogen) atoms. The largest absolute Gasteiger partial charge is 0.331 e. The van der Waals surface area contributed by atoms with Crippen molar-refractivity contribution in [3.05, 3.63) is 68.0 Å². The lowest BCUT2D eigenvalue weighted by molar-refractivity contribution is 0.289. The van der Waals surface area contributed by atoms with E-state index in [4.69, 9.17) is 0 Å². The van der Waals surface area contributed by atoms with Crippen LogP contribution in [-0.2, 0) is 25.9 Å². The predicted octanol–water partition coefficient (Wildman–Crippen LogP) is 5.05. The molecular weight excluding hydrogens is 384 g/mol. The molecule has 3 aliphatic carbocycles. The second kappa shape index (κ2) is 9.18. The molecule has 1 aromatic heterocycles. The van der Waals surface area contributed by atoms with Crippen LogP contribution in [0.2, 0.25) is 0 Å². The van der Waals surface area contributed by atoms with Crippen molar-refractivity contribution in [2.75, 3.05) is 0 Å². The Morgan fingerprint density at radius 2 is 1.29 bits per heavy atom. The van der Waals surface area contributed by atoms with Gasteiger partial charge in [-0.15, -0.1) is 0 Å². The summed E-state index contributed by atoms with van der Waals surface area (Å²) in [5.74, 6) is 1.37. The first-order valence-electron chi connectivity index (χ1n) is 12.6. The highest BCUT2D eigenvalue weighted by atomic mass is 16.2. The predicted molar refractivity (Wildman–Crippen MR) is 125 cm³/mol. The first kappa shape index (κ1) is 20.8. The van der Waals surface area contributed by atoms with Gasteiger partial charge in [-0.05, 0) is 61.8 Å². The topological polar surface area (TPSA) is 44.0 Å². The molecule has 166 valence electrons. The second-order valence-electron chi connectivity index (χ2n) is 10.3. The summed E-state index contributed by atoms with van der Waals surface area (Å²) in [7, 11) is 0. The fourth-order valence-corrected chi connectivity index (χ4v) is 6.35. The van der Waals surface area contributed by atoms with Crippen LogP contribution < -0.4 is 11.2 Å². The maximum Gasteiger partial charge on any atom is 0.331 e. The van der Waals surface area contributed by atoms with Crippen molar-refractivity contribution in [2.24, 2.45) is 11.8 Å². The summed E-state index contributed by atoms with van der Waals surface area (Å²) in [6, 6.07) is 10.5.